The Bertz CT molecular complexity index is 600. The highest BCUT2D eigenvalue weighted by Crippen LogP contribution is 2.24. The van der Waals surface area contributed by atoms with Crippen LogP contribution in [0.25, 0.3) is 0 Å². The van der Waals surface area contributed by atoms with Crippen molar-refractivity contribution < 1.29 is 9.18 Å². The molecule has 1 amide bonds. The summed E-state index contributed by atoms with van der Waals surface area (Å²) in [6, 6.07) is 8.37. The summed E-state index contributed by atoms with van der Waals surface area (Å²) in [6.45, 7) is 1.95. The minimum absolute atomic E-state index is 0.181. The molecule has 2 aromatic rings. The average molecular weight is 343 g/mol. The average Bonchev–Trinajstić information content (AvgIpc) is 2.75. The van der Waals surface area contributed by atoms with Gasteiger partial charge in [0, 0.05) is 24.0 Å². The zero-order chi connectivity index (χ0) is 13.8. The van der Waals surface area contributed by atoms with Crippen LogP contribution in [-0.4, -0.2) is 5.91 Å². The molecule has 3 nitrogen and oxygen atoms in total. The molecule has 0 unspecified atom stereocenters. The van der Waals surface area contributed by atoms with Crippen LogP contribution >= 0.6 is 27.3 Å². The van der Waals surface area contributed by atoms with Gasteiger partial charge in [-0.1, -0.05) is 0 Å². The number of halogens is 2. The fraction of sp³-hybridized carbons (Fsp3) is 0.154. The number of hydrogen-bond donors (Lipinski definition) is 2. The molecule has 1 aromatic heterocycles. The standard InChI is InChI=1S/C13H12BrFN2OS/c1-8(18)17-9-2-4-11(15)12(6-9)16-7-10-3-5-13(14)19-10/h2-6,16H,7H2,1H3,(H,17,18). The lowest BCUT2D eigenvalue weighted by atomic mass is 10.2. The minimum Gasteiger partial charge on any atom is -0.378 e. The van der Waals surface area contributed by atoms with E-state index in [1.807, 2.05) is 12.1 Å². The summed E-state index contributed by atoms with van der Waals surface area (Å²) >= 11 is 4.97. The fourth-order valence-electron chi connectivity index (χ4n) is 1.57. The van der Waals surface area contributed by atoms with Gasteiger partial charge in [-0.15, -0.1) is 11.3 Å². The predicted molar refractivity (Wildman–Crippen MR) is 80.0 cm³/mol. The first-order valence-electron chi connectivity index (χ1n) is 5.60. The predicted octanol–water partition coefficient (Wildman–Crippen LogP) is 4.22. The summed E-state index contributed by atoms with van der Waals surface area (Å²) < 4.78 is 14.7. The highest BCUT2D eigenvalue weighted by molar-refractivity contribution is 9.11. The van der Waals surface area contributed by atoms with Gasteiger partial charge in [-0.2, -0.15) is 0 Å². The minimum atomic E-state index is -0.343. The van der Waals surface area contributed by atoms with Crippen molar-refractivity contribution in [2.24, 2.45) is 0 Å². The molecule has 0 saturated heterocycles. The third-order valence-corrected chi connectivity index (χ3v) is 3.99. The Labute approximate surface area is 123 Å². The van der Waals surface area contributed by atoms with Crippen molar-refractivity contribution in [3.8, 4) is 0 Å². The summed E-state index contributed by atoms with van der Waals surface area (Å²) in [5.74, 6) is -0.524. The van der Waals surface area contributed by atoms with Crippen molar-refractivity contribution in [3.63, 3.8) is 0 Å². The largest absolute Gasteiger partial charge is 0.378 e. The van der Waals surface area contributed by atoms with Crippen molar-refractivity contribution in [3.05, 3.63) is 44.8 Å². The van der Waals surface area contributed by atoms with Crippen LogP contribution in [0, 0.1) is 5.82 Å². The van der Waals surface area contributed by atoms with E-state index >= 15 is 0 Å². The molecular weight excluding hydrogens is 331 g/mol. The van der Waals surface area contributed by atoms with E-state index in [4.69, 9.17) is 0 Å². The van der Waals surface area contributed by atoms with E-state index in [1.165, 1.54) is 19.1 Å². The molecule has 0 radical (unpaired) electrons. The lowest BCUT2D eigenvalue weighted by Gasteiger charge is -2.09. The molecule has 2 rings (SSSR count). The third kappa shape index (κ3) is 4.04. The van der Waals surface area contributed by atoms with Gasteiger partial charge in [0.2, 0.25) is 5.91 Å². The molecule has 0 saturated carbocycles. The van der Waals surface area contributed by atoms with Crippen molar-refractivity contribution >= 4 is 44.5 Å². The van der Waals surface area contributed by atoms with Crippen LogP contribution in [0.5, 0.6) is 0 Å². The van der Waals surface area contributed by atoms with Crippen molar-refractivity contribution in [2.45, 2.75) is 13.5 Å². The van der Waals surface area contributed by atoms with Crippen LogP contribution in [0.1, 0.15) is 11.8 Å². The number of benzene rings is 1. The van der Waals surface area contributed by atoms with Gasteiger partial charge in [0.1, 0.15) is 5.82 Å². The number of nitrogens with one attached hydrogen (secondary N) is 2. The molecule has 100 valence electrons. The SMILES string of the molecule is CC(=O)Nc1ccc(F)c(NCc2ccc(Br)s2)c1. The molecular formula is C13H12BrFN2OS. The Hall–Kier alpha value is -1.40. The number of carbonyl (C=O) groups is 1. The molecule has 1 heterocycles. The Kier molecular flexibility index (Phi) is 4.55. The van der Waals surface area contributed by atoms with E-state index in [9.17, 15) is 9.18 Å². The van der Waals surface area contributed by atoms with E-state index in [0.29, 0.717) is 17.9 Å². The molecule has 0 fully saturated rings. The second-order valence-corrected chi connectivity index (χ2v) is 6.48. The summed E-state index contributed by atoms with van der Waals surface area (Å²) in [6.07, 6.45) is 0. The van der Waals surface area contributed by atoms with Gasteiger partial charge in [0.25, 0.3) is 0 Å². The van der Waals surface area contributed by atoms with Crippen molar-refractivity contribution in [1.29, 1.82) is 0 Å². The van der Waals surface area contributed by atoms with Gasteiger partial charge in [0.05, 0.1) is 9.47 Å². The first-order valence-corrected chi connectivity index (χ1v) is 7.21. The molecule has 19 heavy (non-hydrogen) atoms. The fourth-order valence-corrected chi connectivity index (χ4v) is 2.99. The van der Waals surface area contributed by atoms with Crippen LogP contribution in [0.15, 0.2) is 34.1 Å². The number of carbonyl (C=O) groups excluding carboxylic acids is 1. The maximum absolute atomic E-state index is 13.6. The maximum atomic E-state index is 13.6. The zero-order valence-electron chi connectivity index (χ0n) is 10.2. The Balaban J connectivity index is 2.08. The monoisotopic (exact) mass is 342 g/mol. The summed E-state index contributed by atoms with van der Waals surface area (Å²) in [4.78, 5) is 12.1. The van der Waals surface area contributed by atoms with Gasteiger partial charge in [0.15, 0.2) is 0 Å². The summed E-state index contributed by atoms with van der Waals surface area (Å²) in [7, 11) is 0. The van der Waals surface area contributed by atoms with Crippen molar-refractivity contribution in [2.75, 3.05) is 10.6 Å². The first-order chi connectivity index (χ1) is 9.04. The maximum Gasteiger partial charge on any atom is 0.221 e. The highest BCUT2D eigenvalue weighted by Gasteiger charge is 2.05. The van der Waals surface area contributed by atoms with Gasteiger partial charge in [-0.3, -0.25) is 4.79 Å². The van der Waals surface area contributed by atoms with Gasteiger partial charge >= 0.3 is 0 Å². The second kappa shape index (κ2) is 6.16. The number of hydrogen-bond acceptors (Lipinski definition) is 3. The van der Waals surface area contributed by atoms with E-state index in [1.54, 1.807) is 17.4 Å². The topological polar surface area (TPSA) is 41.1 Å². The molecule has 0 atom stereocenters. The van der Waals surface area contributed by atoms with Crippen LogP contribution in [-0.2, 0) is 11.3 Å². The summed E-state index contributed by atoms with van der Waals surface area (Å²) in [5, 5.41) is 5.64. The van der Waals surface area contributed by atoms with Gasteiger partial charge in [-0.25, -0.2) is 4.39 Å². The van der Waals surface area contributed by atoms with E-state index < -0.39 is 0 Å². The molecule has 1 aromatic carbocycles. The summed E-state index contributed by atoms with van der Waals surface area (Å²) in [5.41, 5.74) is 0.944. The smallest absolute Gasteiger partial charge is 0.221 e. The van der Waals surface area contributed by atoms with Gasteiger partial charge < -0.3 is 10.6 Å². The van der Waals surface area contributed by atoms with E-state index in [2.05, 4.69) is 26.6 Å². The number of thiophene rings is 1. The molecule has 6 heteroatoms. The van der Waals surface area contributed by atoms with Crippen LogP contribution in [0.2, 0.25) is 0 Å². The number of rotatable bonds is 4. The second-order valence-electron chi connectivity index (χ2n) is 3.94. The van der Waals surface area contributed by atoms with Crippen LogP contribution < -0.4 is 10.6 Å². The normalized spacial score (nSPS) is 10.3. The third-order valence-electron chi connectivity index (χ3n) is 2.37. The van der Waals surface area contributed by atoms with E-state index in [-0.39, 0.29) is 11.7 Å². The van der Waals surface area contributed by atoms with Crippen LogP contribution in [0.3, 0.4) is 0 Å². The molecule has 0 bridgehead atoms. The molecule has 0 aliphatic rings. The lowest BCUT2D eigenvalue weighted by molar-refractivity contribution is -0.114. The Morgan fingerprint density at radius 2 is 2.16 bits per heavy atom. The Morgan fingerprint density at radius 1 is 1.37 bits per heavy atom. The molecule has 0 aliphatic heterocycles. The van der Waals surface area contributed by atoms with Crippen LogP contribution in [0.4, 0.5) is 15.8 Å². The van der Waals surface area contributed by atoms with Crippen molar-refractivity contribution in [1.82, 2.24) is 0 Å². The zero-order valence-corrected chi connectivity index (χ0v) is 12.6. The molecule has 0 aliphatic carbocycles. The Morgan fingerprint density at radius 3 is 2.79 bits per heavy atom. The number of amides is 1. The highest BCUT2D eigenvalue weighted by atomic mass is 79.9. The quantitative estimate of drug-likeness (QED) is 0.873. The molecule has 0 spiro atoms. The van der Waals surface area contributed by atoms with E-state index in [0.717, 1.165) is 8.66 Å². The molecule has 2 N–H and O–H groups in total. The first kappa shape index (κ1) is 14.0. The number of anilines is 2. The van der Waals surface area contributed by atoms with Gasteiger partial charge in [-0.05, 0) is 46.3 Å². The lowest BCUT2D eigenvalue weighted by Crippen LogP contribution is -2.07.